The van der Waals surface area contributed by atoms with Crippen molar-refractivity contribution in [2.24, 2.45) is 17.8 Å². The van der Waals surface area contributed by atoms with Gasteiger partial charge in [-0.25, -0.2) is 0 Å². The minimum atomic E-state index is -0.943. The van der Waals surface area contributed by atoms with Gasteiger partial charge in [-0.05, 0) is 24.8 Å². The van der Waals surface area contributed by atoms with Gasteiger partial charge in [0, 0.05) is 0 Å². The fraction of sp³-hybridized carbons (Fsp3) is 0.412. The lowest BCUT2D eigenvalue weighted by Crippen LogP contribution is -2.37. The van der Waals surface area contributed by atoms with Gasteiger partial charge in [-0.15, -0.1) is 0 Å². The summed E-state index contributed by atoms with van der Waals surface area (Å²) in [5, 5.41) is 9.34. The lowest BCUT2D eigenvalue weighted by Gasteiger charge is -2.29. The van der Waals surface area contributed by atoms with Crippen molar-refractivity contribution >= 4 is 11.9 Å². The Hall–Kier alpha value is -2.10. The van der Waals surface area contributed by atoms with Gasteiger partial charge in [0.2, 0.25) is 0 Å². The molecule has 0 bridgehead atoms. The Labute approximate surface area is 124 Å². The van der Waals surface area contributed by atoms with Gasteiger partial charge in [-0.1, -0.05) is 49.4 Å². The number of hydrogen-bond acceptors (Lipinski definition) is 3. The maximum atomic E-state index is 12.3. The maximum Gasteiger partial charge on any atom is 0.310 e. The number of rotatable bonds is 4. The van der Waals surface area contributed by atoms with Crippen molar-refractivity contribution in [1.82, 2.24) is 0 Å². The maximum absolute atomic E-state index is 12.3. The van der Waals surface area contributed by atoms with Crippen molar-refractivity contribution in [3.05, 3.63) is 48.0 Å². The van der Waals surface area contributed by atoms with Crippen LogP contribution in [-0.4, -0.2) is 17.0 Å². The molecular weight excluding hydrogens is 268 g/mol. The molecule has 0 radical (unpaired) electrons. The summed E-state index contributed by atoms with van der Waals surface area (Å²) in [6.45, 7) is 3.61. The molecule has 0 amide bonds. The number of ether oxygens (including phenoxy) is 1. The summed E-state index contributed by atoms with van der Waals surface area (Å²) in [5.74, 6) is -2.88. The third-order valence-electron chi connectivity index (χ3n) is 3.98. The van der Waals surface area contributed by atoms with E-state index in [0.717, 1.165) is 5.56 Å². The average molecular weight is 288 g/mol. The van der Waals surface area contributed by atoms with E-state index in [1.807, 2.05) is 49.4 Å². The molecule has 1 aromatic carbocycles. The van der Waals surface area contributed by atoms with E-state index >= 15 is 0 Å². The smallest absolute Gasteiger partial charge is 0.310 e. The van der Waals surface area contributed by atoms with Crippen molar-refractivity contribution in [3.63, 3.8) is 0 Å². The first-order valence-corrected chi connectivity index (χ1v) is 7.15. The van der Waals surface area contributed by atoms with Crippen LogP contribution in [-0.2, 0) is 14.3 Å². The number of carboxylic acid groups (broad SMARTS) is 1. The normalized spacial score (nSPS) is 26.1. The molecule has 21 heavy (non-hydrogen) atoms. The van der Waals surface area contributed by atoms with E-state index in [1.54, 1.807) is 6.92 Å². The van der Waals surface area contributed by atoms with Crippen LogP contribution in [0.3, 0.4) is 0 Å². The average Bonchev–Trinajstić information content (AvgIpc) is 2.47. The predicted octanol–water partition coefficient (Wildman–Crippen LogP) is 3.20. The van der Waals surface area contributed by atoms with Crippen LogP contribution in [0.5, 0.6) is 0 Å². The minimum Gasteiger partial charge on any atom is -0.481 e. The molecule has 4 nitrogen and oxygen atoms in total. The van der Waals surface area contributed by atoms with Crippen LogP contribution < -0.4 is 0 Å². The summed E-state index contributed by atoms with van der Waals surface area (Å²) in [5.41, 5.74) is 0.900. The predicted molar refractivity (Wildman–Crippen MR) is 78.5 cm³/mol. The highest BCUT2D eigenvalue weighted by atomic mass is 16.5. The van der Waals surface area contributed by atoms with Crippen molar-refractivity contribution < 1.29 is 19.4 Å². The largest absolute Gasteiger partial charge is 0.481 e. The number of aliphatic carboxylic acids is 1. The van der Waals surface area contributed by atoms with E-state index in [1.165, 1.54) is 0 Å². The number of carbonyl (C=O) groups is 2. The van der Waals surface area contributed by atoms with Gasteiger partial charge in [0.05, 0.1) is 11.8 Å². The molecule has 0 spiro atoms. The van der Waals surface area contributed by atoms with Crippen molar-refractivity contribution in [1.29, 1.82) is 0 Å². The van der Waals surface area contributed by atoms with Gasteiger partial charge in [0.1, 0.15) is 6.10 Å². The van der Waals surface area contributed by atoms with E-state index in [9.17, 15) is 14.7 Å². The van der Waals surface area contributed by atoms with Gasteiger partial charge >= 0.3 is 11.9 Å². The zero-order valence-electron chi connectivity index (χ0n) is 12.2. The molecule has 4 unspecified atom stereocenters. The number of hydrogen-bond donors (Lipinski definition) is 1. The Kier molecular flexibility index (Phi) is 4.78. The first kappa shape index (κ1) is 15.3. The standard InChI is InChI=1S/C17H20O4/c1-11-7-6-10-14(15(11)16(18)19)17(20)21-12(2)13-8-4-3-5-9-13/h3-9,11-12,14-15H,10H2,1-2H3,(H,18,19). The Morgan fingerprint density at radius 2 is 1.95 bits per heavy atom. The number of carbonyl (C=O) groups excluding carboxylic acids is 1. The summed E-state index contributed by atoms with van der Waals surface area (Å²) in [4.78, 5) is 23.7. The molecule has 4 atom stereocenters. The molecular formula is C17H20O4. The quantitative estimate of drug-likeness (QED) is 0.682. The van der Waals surface area contributed by atoms with Gasteiger partial charge in [-0.3, -0.25) is 9.59 Å². The van der Waals surface area contributed by atoms with Gasteiger partial charge in [-0.2, -0.15) is 0 Å². The summed E-state index contributed by atoms with van der Waals surface area (Å²) in [6, 6.07) is 9.43. The van der Waals surface area contributed by atoms with Crippen LogP contribution in [0.25, 0.3) is 0 Å². The topological polar surface area (TPSA) is 63.6 Å². The van der Waals surface area contributed by atoms with Gasteiger partial charge < -0.3 is 9.84 Å². The molecule has 1 aromatic rings. The molecule has 0 heterocycles. The molecule has 0 fully saturated rings. The zero-order chi connectivity index (χ0) is 15.4. The summed E-state index contributed by atoms with van der Waals surface area (Å²) >= 11 is 0. The van der Waals surface area contributed by atoms with Crippen LogP contribution in [0, 0.1) is 17.8 Å². The monoisotopic (exact) mass is 288 g/mol. The summed E-state index contributed by atoms with van der Waals surface area (Å²) in [7, 11) is 0. The van der Waals surface area contributed by atoms with Crippen molar-refractivity contribution in [2.75, 3.05) is 0 Å². The van der Waals surface area contributed by atoms with Crippen LogP contribution in [0.2, 0.25) is 0 Å². The first-order chi connectivity index (χ1) is 10.0. The van der Waals surface area contributed by atoms with Gasteiger partial charge in [0.25, 0.3) is 0 Å². The van der Waals surface area contributed by atoms with E-state index < -0.39 is 23.8 Å². The molecule has 2 rings (SSSR count). The second-order valence-corrected chi connectivity index (χ2v) is 5.48. The number of esters is 1. The van der Waals surface area contributed by atoms with Crippen molar-refractivity contribution in [2.45, 2.75) is 26.4 Å². The minimum absolute atomic E-state index is 0.166. The van der Waals surface area contributed by atoms with Crippen LogP contribution in [0.1, 0.15) is 31.9 Å². The Morgan fingerprint density at radius 1 is 1.29 bits per heavy atom. The number of benzene rings is 1. The molecule has 112 valence electrons. The molecule has 0 aliphatic heterocycles. The summed E-state index contributed by atoms with van der Waals surface area (Å²) < 4.78 is 5.47. The Morgan fingerprint density at radius 3 is 2.57 bits per heavy atom. The number of carboxylic acids is 1. The van der Waals surface area contributed by atoms with E-state index in [0.29, 0.717) is 6.42 Å². The highest BCUT2D eigenvalue weighted by molar-refractivity contribution is 5.82. The van der Waals surface area contributed by atoms with E-state index in [2.05, 4.69) is 0 Å². The third-order valence-corrected chi connectivity index (χ3v) is 3.98. The SMILES string of the molecule is CC(OC(=O)C1CC=CC(C)C1C(=O)O)c1ccccc1. The zero-order valence-corrected chi connectivity index (χ0v) is 12.2. The Balaban J connectivity index is 2.08. The lowest BCUT2D eigenvalue weighted by molar-refractivity contribution is -0.163. The third kappa shape index (κ3) is 3.51. The molecule has 0 saturated carbocycles. The van der Waals surface area contributed by atoms with Crippen LogP contribution in [0.4, 0.5) is 0 Å². The highest BCUT2D eigenvalue weighted by Gasteiger charge is 2.39. The molecule has 0 aromatic heterocycles. The van der Waals surface area contributed by atoms with Crippen LogP contribution >= 0.6 is 0 Å². The molecule has 1 aliphatic rings. The number of allylic oxidation sites excluding steroid dienone is 2. The molecule has 1 N–H and O–H groups in total. The highest BCUT2D eigenvalue weighted by Crippen LogP contribution is 2.32. The summed E-state index contributed by atoms with van der Waals surface area (Å²) in [6.07, 6.45) is 3.75. The fourth-order valence-electron chi connectivity index (χ4n) is 2.77. The first-order valence-electron chi connectivity index (χ1n) is 7.15. The van der Waals surface area contributed by atoms with E-state index in [-0.39, 0.29) is 12.0 Å². The van der Waals surface area contributed by atoms with Gasteiger partial charge in [0.15, 0.2) is 0 Å². The van der Waals surface area contributed by atoms with Crippen molar-refractivity contribution in [3.8, 4) is 0 Å². The second kappa shape index (κ2) is 6.57. The molecule has 1 aliphatic carbocycles. The molecule has 0 saturated heterocycles. The molecule has 4 heteroatoms. The Bertz CT molecular complexity index is 535. The van der Waals surface area contributed by atoms with E-state index in [4.69, 9.17) is 4.74 Å². The lowest BCUT2D eigenvalue weighted by atomic mass is 9.76. The second-order valence-electron chi connectivity index (χ2n) is 5.48. The fourth-order valence-corrected chi connectivity index (χ4v) is 2.77. The van der Waals surface area contributed by atoms with Crippen LogP contribution in [0.15, 0.2) is 42.5 Å².